The summed E-state index contributed by atoms with van der Waals surface area (Å²) in [5, 5.41) is 0. The first-order valence-electron chi connectivity index (χ1n) is 7.54. The van der Waals surface area contributed by atoms with Gasteiger partial charge in [-0.15, -0.1) is 0 Å². The molecule has 2 nitrogen and oxygen atoms in total. The molecule has 1 spiro atoms. The third-order valence-corrected chi connectivity index (χ3v) is 4.93. The summed E-state index contributed by atoms with van der Waals surface area (Å²) in [6.07, 6.45) is -0.923. The Labute approximate surface area is 127 Å². The summed E-state index contributed by atoms with van der Waals surface area (Å²) in [5.74, 6) is -0.0274. The van der Waals surface area contributed by atoms with Crippen LogP contribution in [0.2, 0.25) is 0 Å². The average molecular weight is 312 g/mol. The first-order chi connectivity index (χ1) is 10.1. The summed E-state index contributed by atoms with van der Waals surface area (Å²) >= 11 is 0. The molecule has 3 rings (SSSR count). The maximum absolute atomic E-state index is 12.8. The molecule has 0 bridgehead atoms. The van der Waals surface area contributed by atoms with Gasteiger partial charge in [-0.1, -0.05) is 13.8 Å². The predicted octanol–water partition coefficient (Wildman–Crippen LogP) is 5.01. The van der Waals surface area contributed by atoms with Gasteiger partial charge in [0.05, 0.1) is 17.5 Å². The fourth-order valence-corrected chi connectivity index (χ4v) is 3.33. The molecule has 1 aromatic rings. The van der Waals surface area contributed by atoms with E-state index in [0.29, 0.717) is 12.8 Å². The van der Waals surface area contributed by atoms with Crippen LogP contribution in [0.25, 0.3) is 0 Å². The fourth-order valence-electron chi connectivity index (χ4n) is 3.33. The number of Topliss-reactive ketones (excluding diaryl/α,β-unsaturated/α-hetero) is 1. The lowest BCUT2D eigenvalue weighted by Gasteiger charge is -2.45. The molecule has 5 heteroatoms. The molecule has 0 radical (unpaired) electrons. The van der Waals surface area contributed by atoms with Crippen LogP contribution >= 0.6 is 0 Å². The summed E-state index contributed by atoms with van der Waals surface area (Å²) < 4.78 is 44.5. The standard InChI is InChI=1S/C17H19F3O2/c1-15(2)5-7-16(8-6-15)10-13(21)12-4-3-11(17(18,19)20)9-14(12)22-16/h3-4,9H,5-8,10H2,1-2H3. The highest BCUT2D eigenvalue weighted by Crippen LogP contribution is 2.47. The molecule has 1 fully saturated rings. The molecule has 1 aliphatic carbocycles. The van der Waals surface area contributed by atoms with E-state index in [-0.39, 0.29) is 28.9 Å². The molecule has 1 heterocycles. The quantitative estimate of drug-likeness (QED) is 0.673. The number of carbonyl (C=O) groups is 1. The van der Waals surface area contributed by atoms with Crippen LogP contribution in [0, 0.1) is 5.41 Å². The number of hydrogen-bond donors (Lipinski definition) is 0. The van der Waals surface area contributed by atoms with Gasteiger partial charge in [-0.05, 0) is 49.3 Å². The van der Waals surface area contributed by atoms with Gasteiger partial charge in [-0.25, -0.2) is 0 Å². The minimum atomic E-state index is -4.43. The largest absolute Gasteiger partial charge is 0.486 e. The molecule has 0 aromatic heterocycles. The number of benzene rings is 1. The third kappa shape index (κ3) is 2.73. The number of ketones is 1. The highest BCUT2D eigenvalue weighted by atomic mass is 19.4. The smallest absolute Gasteiger partial charge is 0.416 e. The van der Waals surface area contributed by atoms with Gasteiger partial charge in [-0.2, -0.15) is 13.2 Å². The molecule has 0 N–H and O–H groups in total. The first kappa shape index (κ1) is 15.4. The fraction of sp³-hybridized carbons (Fsp3) is 0.588. The number of ether oxygens (including phenoxy) is 1. The van der Waals surface area contributed by atoms with Crippen LogP contribution in [0.4, 0.5) is 13.2 Å². The monoisotopic (exact) mass is 312 g/mol. The van der Waals surface area contributed by atoms with E-state index >= 15 is 0 Å². The van der Waals surface area contributed by atoms with Crippen molar-refractivity contribution < 1.29 is 22.7 Å². The van der Waals surface area contributed by atoms with Crippen molar-refractivity contribution in [1.29, 1.82) is 0 Å². The van der Waals surface area contributed by atoms with E-state index in [4.69, 9.17) is 4.74 Å². The molecular formula is C17H19F3O2. The summed E-state index contributed by atoms with van der Waals surface area (Å²) in [5.41, 5.74) is -0.925. The van der Waals surface area contributed by atoms with Crippen LogP contribution in [0.5, 0.6) is 5.75 Å². The Morgan fingerprint density at radius 2 is 1.73 bits per heavy atom. The molecule has 2 aliphatic rings. The normalized spacial score (nSPS) is 23.0. The van der Waals surface area contributed by atoms with Crippen molar-refractivity contribution in [3.05, 3.63) is 29.3 Å². The van der Waals surface area contributed by atoms with Crippen LogP contribution in [0.15, 0.2) is 18.2 Å². The maximum Gasteiger partial charge on any atom is 0.416 e. The van der Waals surface area contributed by atoms with E-state index in [1.807, 2.05) is 0 Å². The van der Waals surface area contributed by atoms with Crippen molar-refractivity contribution in [2.45, 2.75) is 57.7 Å². The Hall–Kier alpha value is -1.52. The summed E-state index contributed by atoms with van der Waals surface area (Å²) in [7, 11) is 0. The van der Waals surface area contributed by atoms with E-state index in [2.05, 4.69) is 13.8 Å². The highest BCUT2D eigenvalue weighted by Gasteiger charge is 2.45. The van der Waals surface area contributed by atoms with Gasteiger partial charge < -0.3 is 4.74 Å². The van der Waals surface area contributed by atoms with E-state index in [1.165, 1.54) is 6.07 Å². The van der Waals surface area contributed by atoms with Crippen molar-refractivity contribution in [3.63, 3.8) is 0 Å². The first-order valence-corrected chi connectivity index (χ1v) is 7.54. The Kier molecular flexibility index (Phi) is 3.31. The molecular weight excluding hydrogens is 293 g/mol. The minimum absolute atomic E-state index is 0.0887. The lowest BCUT2D eigenvalue weighted by molar-refractivity contribution is -0.137. The van der Waals surface area contributed by atoms with E-state index < -0.39 is 17.3 Å². The van der Waals surface area contributed by atoms with Gasteiger partial charge in [-0.3, -0.25) is 4.79 Å². The lowest BCUT2D eigenvalue weighted by atomic mass is 9.68. The number of rotatable bonds is 0. The van der Waals surface area contributed by atoms with Gasteiger partial charge in [0, 0.05) is 0 Å². The summed E-state index contributed by atoms with van der Waals surface area (Å²) in [6.45, 7) is 4.33. The maximum atomic E-state index is 12.8. The van der Waals surface area contributed by atoms with E-state index in [0.717, 1.165) is 25.0 Å². The topological polar surface area (TPSA) is 26.3 Å². The van der Waals surface area contributed by atoms with Crippen LogP contribution in [-0.2, 0) is 6.18 Å². The summed E-state index contributed by atoms with van der Waals surface area (Å²) in [4.78, 5) is 12.3. The number of hydrogen-bond acceptors (Lipinski definition) is 2. The minimum Gasteiger partial charge on any atom is -0.486 e. The molecule has 120 valence electrons. The second-order valence-electron chi connectivity index (χ2n) is 7.26. The van der Waals surface area contributed by atoms with Gasteiger partial charge in [0.1, 0.15) is 11.4 Å². The molecule has 0 saturated heterocycles. The zero-order valence-corrected chi connectivity index (χ0v) is 12.7. The molecule has 1 saturated carbocycles. The van der Waals surface area contributed by atoms with Crippen molar-refractivity contribution in [3.8, 4) is 5.75 Å². The molecule has 0 amide bonds. The highest BCUT2D eigenvalue weighted by molar-refractivity contribution is 6.00. The molecule has 0 atom stereocenters. The van der Waals surface area contributed by atoms with Crippen molar-refractivity contribution in [2.75, 3.05) is 0 Å². The SMILES string of the molecule is CC1(C)CCC2(CC1)CC(=O)c1ccc(C(F)(F)F)cc1O2. The van der Waals surface area contributed by atoms with Gasteiger partial charge in [0.25, 0.3) is 0 Å². The number of alkyl halides is 3. The van der Waals surface area contributed by atoms with Crippen molar-refractivity contribution >= 4 is 5.78 Å². The van der Waals surface area contributed by atoms with Gasteiger partial charge >= 0.3 is 6.18 Å². The predicted molar refractivity (Wildman–Crippen MR) is 76.0 cm³/mol. The van der Waals surface area contributed by atoms with Crippen LogP contribution < -0.4 is 4.74 Å². The second-order valence-corrected chi connectivity index (χ2v) is 7.26. The van der Waals surface area contributed by atoms with Crippen LogP contribution in [-0.4, -0.2) is 11.4 Å². The van der Waals surface area contributed by atoms with Gasteiger partial charge in [0.15, 0.2) is 5.78 Å². The Balaban J connectivity index is 1.93. The van der Waals surface area contributed by atoms with Crippen LogP contribution in [0.1, 0.15) is 61.9 Å². The van der Waals surface area contributed by atoms with Gasteiger partial charge in [0.2, 0.25) is 0 Å². The number of halogens is 3. The molecule has 1 aromatic carbocycles. The number of carbonyl (C=O) groups excluding carboxylic acids is 1. The zero-order chi connectivity index (χ0) is 16.2. The summed E-state index contributed by atoms with van der Waals surface area (Å²) in [6, 6.07) is 3.15. The average Bonchev–Trinajstić information content (AvgIpc) is 2.41. The zero-order valence-electron chi connectivity index (χ0n) is 12.7. The van der Waals surface area contributed by atoms with E-state index in [1.54, 1.807) is 0 Å². The molecule has 1 aliphatic heterocycles. The van der Waals surface area contributed by atoms with Crippen molar-refractivity contribution in [2.24, 2.45) is 5.41 Å². The molecule has 0 unspecified atom stereocenters. The third-order valence-electron chi connectivity index (χ3n) is 4.93. The Morgan fingerprint density at radius 1 is 1.09 bits per heavy atom. The lowest BCUT2D eigenvalue weighted by Crippen LogP contribution is -2.46. The molecule has 22 heavy (non-hydrogen) atoms. The Morgan fingerprint density at radius 3 is 2.32 bits per heavy atom. The Bertz CT molecular complexity index is 607. The van der Waals surface area contributed by atoms with Crippen LogP contribution in [0.3, 0.4) is 0 Å². The second kappa shape index (κ2) is 4.74. The van der Waals surface area contributed by atoms with Crippen molar-refractivity contribution in [1.82, 2.24) is 0 Å². The van der Waals surface area contributed by atoms with E-state index in [9.17, 15) is 18.0 Å². The number of fused-ring (bicyclic) bond motifs is 1.